The maximum Gasteiger partial charge on any atom is 0.369 e. The molecular weight excluding hydrogens is 358 g/mol. The van der Waals surface area contributed by atoms with Gasteiger partial charge in [0.2, 0.25) is 5.91 Å². The standard InChI is InChI=1S/C16H17N5O2S2/c22-14(17-9-5-11-24-13-6-2-1-3-7-13)12-20-16(23)21(19-18-20)15-8-4-10-25-15/h1-4,6-8,10H,5,9,11-12H2,(H,17,22). The lowest BCUT2D eigenvalue weighted by Crippen LogP contribution is -2.34. The lowest BCUT2D eigenvalue weighted by molar-refractivity contribution is -0.121. The van der Waals surface area contributed by atoms with Gasteiger partial charge < -0.3 is 5.32 Å². The Hall–Kier alpha value is -2.39. The quantitative estimate of drug-likeness (QED) is 0.479. The summed E-state index contributed by atoms with van der Waals surface area (Å²) >= 11 is 3.13. The van der Waals surface area contributed by atoms with Crippen molar-refractivity contribution in [2.45, 2.75) is 17.9 Å². The van der Waals surface area contributed by atoms with Gasteiger partial charge in [-0.2, -0.15) is 9.36 Å². The number of hydrogen-bond donors (Lipinski definition) is 1. The first-order valence-corrected chi connectivity index (χ1v) is 9.62. The van der Waals surface area contributed by atoms with E-state index in [4.69, 9.17) is 0 Å². The van der Waals surface area contributed by atoms with Gasteiger partial charge in [-0.25, -0.2) is 4.79 Å². The van der Waals surface area contributed by atoms with E-state index in [-0.39, 0.29) is 12.5 Å². The van der Waals surface area contributed by atoms with E-state index >= 15 is 0 Å². The van der Waals surface area contributed by atoms with Crippen LogP contribution < -0.4 is 11.0 Å². The van der Waals surface area contributed by atoms with Gasteiger partial charge in [0.05, 0.1) is 0 Å². The van der Waals surface area contributed by atoms with Gasteiger partial charge in [0.1, 0.15) is 11.5 Å². The number of amides is 1. The number of aromatic nitrogens is 4. The molecule has 130 valence electrons. The minimum absolute atomic E-state index is 0.129. The van der Waals surface area contributed by atoms with Gasteiger partial charge >= 0.3 is 5.69 Å². The number of tetrazole rings is 1. The Morgan fingerprint density at radius 3 is 2.76 bits per heavy atom. The van der Waals surface area contributed by atoms with Gasteiger partial charge in [0.25, 0.3) is 0 Å². The number of carbonyl (C=O) groups excluding carboxylic acids is 1. The van der Waals surface area contributed by atoms with Crippen molar-refractivity contribution in [3.05, 3.63) is 58.3 Å². The van der Waals surface area contributed by atoms with Crippen LogP contribution in [0.15, 0.2) is 57.5 Å². The first-order chi connectivity index (χ1) is 12.2. The molecule has 0 fully saturated rings. The van der Waals surface area contributed by atoms with Gasteiger partial charge in [-0.15, -0.1) is 23.1 Å². The smallest absolute Gasteiger partial charge is 0.354 e. The fraction of sp³-hybridized carbons (Fsp3) is 0.250. The molecule has 0 saturated heterocycles. The zero-order chi connectivity index (χ0) is 17.5. The topological polar surface area (TPSA) is 81.8 Å². The van der Waals surface area contributed by atoms with Crippen LogP contribution in [0.1, 0.15) is 6.42 Å². The molecule has 7 nitrogen and oxygen atoms in total. The SMILES string of the molecule is O=C(Cn1nnn(-c2cccs2)c1=O)NCCCSc1ccccc1. The number of nitrogens with zero attached hydrogens (tertiary/aromatic N) is 4. The van der Waals surface area contributed by atoms with Crippen molar-refractivity contribution < 1.29 is 4.79 Å². The van der Waals surface area contributed by atoms with Crippen molar-refractivity contribution >= 4 is 29.0 Å². The van der Waals surface area contributed by atoms with Crippen molar-refractivity contribution in [3.8, 4) is 5.00 Å². The molecule has 1 N–H and O–H groups in total. The van der Waals surface area contributed by atoms with Crippen LogP contribution in [0.2, 0.25) is 0 Å². The molecule has 2 heterocycles. The second-order valence-corrected chi connectivity index (χ2v) is 7.24. The molecule has 25 heavy (non-hydrogen) atoms. The predicted octanol–water partition coefficient (Wildman–Crippen LogP) is 1.79. The highest BCUT2D eigenvalue weighted by atomic mass is 32.2. The van der Waals surface area contributed by atoms with Crippen molar-refractivity contribution in [2.75, 3.05) is 12.3 Å². The van der Waals surface area contributed by atoms with Crippen LogP contribution in [0.3, 0.4) is 0 Å². The zero-order valence-corrected chi connectivity index (χ0v) is 15.0. The number of benzene rings is 1. The van der Waals surface area contributed by atoms with Crippen LogP contribution in [0.4, 0.5) is 0 Å². The molecule has 0 atom stereocenters. The monoisotopic (exact) mass is 375 g/mol. The van der Waals surface area contributed by atoms with Gasteiger partial charge in [0.15, 0.2) is 0 Å². The summed E-state index contributed by atoms with van der Waals surface area (Å²) in [4.78, 5) is 25.3. The van der Waals surface area contributed by atoms with Crippen LogP contribution in [-0.2, 0) is 11.3 Å². The van der Waals surface area contributed by atoms with Crippen LogP contribution >= 0.6 is 23.1 Å². The third kappa shape index (κ3) is 4.80. The molecule has 0 unspecified atom stereocenters. The van der Waals surface area contributed by atoms with E-state index < -0.39 is 5.69 Å². The Labute approximate surface area is 152 Å². The summed E-state index contributed by atoms with van der Waals surface area (Å²) in [5.74, 6) is 0.670. The molecule has 0 radical (unpaired) electrons. The zero-order valence-electron chi connectivity index (χ0n) is 13.4. The van der Waals surface area contributed by atoms with Crippen molar-refractivity contribution in [1.82, 2.24) is 25.1 Å². The van der Waals surface area contributed by atoms with Gasteiger partial charge in [-0.05, 0) is 52.2 Å². The molecule has 0 aliphatic heterocycles. The summed E-state index contributed by atoms with van der Waals surface area (Å²) < 4.78 is 2.25. The van der Waals surface area contributed by atoms with E-state index in [1.807, 2.05) is 29.6 Å². The number of rotatable bonds is 8. The van der Waals surface area contributed by atoms with E-state index in [1.165, 1.54) is 20.9 Å². The lowest BCUT2D eigenvalue weighted by atomic mass is 10.4. The highest BCUT2D eigenvalue weighted by molar-refractivity contribution is 7.99. The number of thioether (sulfide) groups is 1. The Morgan fingerprint density at radius 2 is 2.00 bits per heavy atom. The molecular formula is C16H17N5O2S2. The summed E-state index contributed by atoms with van der Waals surface area (Å²) in [7, 11) is 0. The molecule has 1 aromatic carbocycles. The first-order valence-electron chi connectivity index (χ1n) is 7.75. The maximum absolute atomic E-state index is 12.2. The fourth-order valence-electron chi connectivity index (χ4n) is 2.10. The summed E-state index contributed by atoms with van der Waals surface area (Å²) in [5, 5.41) is 12.9. The second-order valence-electron chi connectivity index (χ2n) is 5.15. The van der Waals surface area contributed by atoms with Crippen molar-refractivity contribution in [1.29, 1.82) is 0 Å². The number of nitrogens with one attached hydrogen (secondary N) is 1. The van der Waals surface area contributed by atoms with Gasteiger partial charge in [-0.3, -0.25) is 4.79 Å². The van der Waals surface area contributed by atoms with Crippen molar-refractivity contribution in [3.63, 3.8) is 0 Å². The van der Waals surface area contributed by atoms with E-state index in [0.717, 1.165) is 16.9 Å². The average Bonchev–Trinajstić information content (AvgIpc) is 3.26. The molecule has 9 heteroatoms. The highest BCUT2D eigenvalue weighted by Crippen LogP contribution is 2.17. The van der Waals surface area contributed by atoms with E-state index in [2.05, 4.69) is 27.9 Å². The molecule has 0 aliphatic rings. The molecule has 1 amide bonds. The predicted molar refractivity (Wildman–Crippen MR) is 98.3 cm³/mol. The van der Waals surface area contributed by atoms with Crippen molar-refractivity contribution in [2.24, 2.45) is 0 Å². The summed E-state index contributed by atoms with van der Waals surface area (Å²) in [6, 6.07) is 13.7. The minimum Gasteiger partial charge on any atom is -0.354 e. The lowest BCUT2D eigenvalue weighted by Gasteiger charge is -2.04. The Morgan fingerprint density at radius 1 is 1.16 bits per heavy atom. The van der Waals surface area contributed by atoms with Crippen LogP contribution in [0.25, 0.3) is 5.00 Å². The molecule has 3 rings (SSSR count). The van der Waals surface area contributed by atoms with Crippen LogP contribution in [-0.4, -0.2) is 38.0 Å². The summed E-state index contributed by atoms with van der Waals surface area (Å²) in [6.45, 7) is 0.433. The first kappa shape index (κ1) is 17.4. The largest absolute Gasteiger partial charge is 0.369 e. The van der Waals surface area contributed by atoms with E-state index in [9.17, 15) is 9.59 Å². The summed E-state index contributed by atoms with van der Waals surface area (Å²) in [6.07, 6.45) is 0.849. The number of thiophene rings is 1. The Balaban J connectivity index is 1.42. The molecule has 0 spiro atoms. The molecule has 3 aromatic rings. The summed E-state index contributed by atoms with van der Waals surface area (Å²) in [5.41, 5.74) is -0.419. The fourth-order valence-corrected chi connectivity index (χ4v) is 3.64. The molecule has 0 aliphatic carbocycles. The number of hydrogen-bond acceptors (Lipinski definition) is 6. The third-order valence-corrected chi connectivity index (χ3v) is 5.24. The Bertz CT molecular complexity index is 858. The van der Waals surface area contributed by atoms with Gasteiger partial charge in [-0.1, -0.05) is 18.2 Å². The van der Waals surface area contributed by atoms with Gasteiger partial charge in [0, 0.05) is 11.4 Å². The average molecular weight is 375 g/mol. The Kier molecular flexibility index (Phi) is 6.02. The van der Waals surface area contributed by atoms with E-state index in [1.54, 1.807) is 17.8 Å². The molecule has 2 aromatic heterocycles. The van der Waals surface area contributed by atoms with E-state index in [0.29, 0.717) is 11.5 Å². The number of carbonyl (C=O) groups is 1. The van der Waals surface area contributed by atoms with Crippen LogP contribution in [0.5, 0.6) is 0 Å². The second kappa shape index (κ2) is 8.63. The molecule has 0 bridgehead atoms. The minimum atomic E-state index is -0.419. The van der Waals surface area contributed by atoms with Crippen LogP contribution in [0, 0.1) is 0 Å². The highest BCUT2D eigenvalue weighted by Gasteiger charge is 2.12. The molecule has 0 saturated carbocycles. The third-order valence-electron chi connectivity index (χ3n) is 3.30. The normalized spacial score (nSPS) is 10.7. The maximum atomic E-state index is 12.2.